The molecule has 28 heavy (non-hydrogen) atoms. The second kappa shape index (κ2) is 6.23. The van der Waals surface area contributed by atoms with Crippen LogP contribution < -0.4 is 0 Å². The maximum Gasteiger partial charge on any atom is 0.193 e. The van der Waals surface area contributed by atoms with Crippen LogP contribution in [0.15, 0.2) is 11.6 Å². The lowest BCUT2D eigenvalue weighted by Gasteiger charge is -2.59. The SMILES string of the molecule is COC1CC2C3CCC4=CC(=O)CCC4(C)C3CCC2(C)C12OCOCC2=O. The van der Waals surface area contributed by atoms with Crippen LogP contribution in [0.3, 0.4) is 0 Å². The van der Waals surface area contributed by atoms with E-state index in [1.54, 1.807) is 7.11 Å². The third kappa shape index (κ3) is 2.19. The van der Waals surface area contributed by atoms with Crippen molar-refractivity contribution in [3.05, 3.63) is 11.6 Å². The zero-order valence-electron chi connectivity index (χ0n) is 17.3. The molecular formula is C23H32O5. The minimum absolute atomic E-state index is 0.0555. The summed E-state index contributed by atoms with van der Waals surface area (Å²) in [4.78, 5) is 25.2. The van der Waals surface area contributed by atoms with Crippen LogP contribution in [-0.2, 0) is 23.8 Å². The zero-order valence-corrected chi connectivity index (χ0v) is 17.3. The number of allylic oxidation sites excluding steroid dienone is 1. The first-order chi connectivity index (χ1) is 13.4. The van der Waals surface area contributed by atoms with E-state index in [-0.39, 0.29) is 36.1 Å². The molecule has 1 heterocycles. The molecule has 7 unspecified atom stereocenters. The number of hydrogen-bond donors (Lipinski definition) is 0. The van der Waals surface area contributed by atoms with E-state index in [1.807, 2.05) is 6.08 Å². The molecule has 5 nitrogen and oxygen atoms in total. The van der Waals surface area contributed by atoms with Crippen LogP contribution in [0.4, 0.5) is 0 Å². The number of ketones is 2. The predicted octanol–water partition coefficient (Wildman–Crippen LogP) is 3.46. The highest BCUT2D eigenvalue weighted by Gasteiger charge is 2.72. The van der Waals surface area contributed by atoms with Gasteiger partial charge in [0.1, 0.15) is 13.4 Å². The molecule has 0 N–H and O–H groups in total. The summed E-state index contributed by atoms with van der Waals surface area (Å²) in [5, 5.41) is 0. The Bertz CT molecular complexity index is 743. The minimum atomic E-state index is -0.866. The number of fused-ring (bicyclic) bond motifs is 6. The number of carbonyl (C=O) groups excluding carboxylic acids is 2. The third-order valence-electron chi connectivity index (χ3n) is 9.42. The van der Waals surface area contributed by atoms with Crippen LogP contribution in [0.25, 0.3) is 0 Å². The molecule has 1 saturated heterocycles. The Morgan fingerprint density at radius 2 is 1.93 bits per heavy atom. The minimum Gasteiger partial charge on any atom is -0.378 e. The van der Waals surface area contributed by atoms with Crippen molar-refractivity contribution in [1.82, 2.24) is 0 Å². The van der Waals surface area contributed by atoms with Crippen LogP contribution in [0.1, 0.15) is 58.8 Å². The van der Waals surface area contributed by atoms with E-state index in [4.69, 9.17) is 14.2 Å². The highest BCUT2D eigenvalue weighted by Crippen LogP contribution is 2.68. The fourth-order valence-electron chi connectivity index (χ4n) is 8.01. The van der Waals surface area contributed by atoms with Gasteiger partial charge in [0.15, 0.2) is 17.2 Å². The van der Waals surface area contributed by atoms with Crippen LogP contribution >= 0.6 is 0 Å². The van der Waals surface area contributed by atoms with Gasteiger partial charge in [0.05, 0.1) is 6.10 Å². The first kappa shape index (κ1) is 19.0. The van der Waals surface area contributed by atoms with Crippen molar-refractivity contribution >= 4 is 11.6 Å². The molecule has 0 amide bonds. The van der Waals surface area contributed by atoms with Crippen molar-refractivity contribution in [2.24, 2.45) is 28.6 Å². The Morgan fingerprint density at radius 3 is 2.68 bits per heavy atom. The van der Waals surface area contributed by atoms with Gasteiger partial charge in [0.2, 0.25) is 0 Å². The Balaban J connectivity index is 1.54. The molecule has 154 valence electrons. The van der Waals surface area contributed by atoms with E-state index in [0.29, 0.717) is 30.0 Å². The largest absolute Gasteiger partial charge is 0.378 e. The molecule has 0 aromatic rings. The first-order valence-corrected chi connectivity index (χ1v) is 10.9. The van der Waals surface area contributed by atoms with Gasteiger partial charge in [-0.2, -0.15) is 0 Å². The van der Waals surface area contributed by atoms with Gasteiger partial charge in [0, 0.05) is 18.9 Å². The Morgan fingerprint density at radius 1 is 1.11 bits per heavy atom. The summed E-state index contributed by atoms with van der Waals surface area (Å²) in [7, 11) is 1.71. The number of methoxy groups -OCH3 is 1. The van der Waals surface area contributed by atoms with Crippen LogP contribution in [0, 0.1) is 28.6 Å². The fourth-order valence-corrected chi connectivity index (χ4v) is 8.01. The number of rotatable bonds is 1. The predicted molar refractivity (Wildman–Crippen MR) is 103 cm³/mol. The summed E-state index contributed by atoms with van der Waals surface area (Å²) in [6.07, 6.45) is 8.47. The van der Waals surface area contributed by atoms with E-state index in [9.17, 15) is 9.59 Å². The molecule has 0 aromatic carbocycles. The normalized spacial score (nSPS) is 50.8. The van der Waals surface area contributed by atoms with Crippen LogP contribution in [-0.4, -0.2) is 43.8 Å². The summed E-state index contributed by atoms with van der Waals surface area (Å²) in [5.41, 5.74) is 0.437. The Hall–Kier alpha value is -1.04. The Labute approximate surface area is 167 Å². The van der Waals surface area contributed by atoms with Gasteiger partial charge in [-0.05, 0) is 67.8 Å². The molecule has 4 fully saturated rings. The van der Waals surface area contributed by atoms with Crippen molar-refractivity contribution < 1.29 is 23.8 Å². The molecule has 0 radical (unpaired) electrons. The molecule has 1 spiro atoms. The summed E-state index contributed by atoms with van der Waals surface area (Å²) >= 11 is 0. The molecule has 1 aliphatic heterocycles. The van der Waals surface area contributed by atoms with Crippen molar-refractivity contribution in [1.29, 1.82) is 0 Å². The fraction of sp³-hybridized carbons (Fsp3) is 0.826. The van der Waals surface area contributed by atoms with E-state index in [1.165, 1.54) is 5.57 Å². The average molecular weight is 389 g/mol. The molecule has 5 aliphatic rings. The quantitative estimate of drug-likeness (QED) is 0.688. The topological polar surface area (TPSA) is 61.8 Å². The molecule has 3 saturated carbocycles. The summed E-state index contributed by atoms with van der Waals surface area (Å²) in [6.45, 7) is 4.96. The highest BCUT2D eigenvalue weighted by molar-refractivity contribution is 5.92. The number of hydrogen-bond acceptors (Lipinski definition) is 5. The van der Waals surface area contributed by atoms with Crippen molar-refractivity contribution in [2.45, 2.75) is 70.5 Å². The third-order valence-corrected chi connectivity index (χ3v) is 9.42. The first-order valence-electron chi connectivity index (χ1n) is 10.9. The molecule has 5 rings (SSSR count). The average Bonchev–Trinajstić information content (AvgIpc) is 2.94. The van der Waals surface area contributed by atoms with Crippen molar-refractivity contribution in [3.8, 4) is 0 Å². The molecule has 0 aromatic heterocycles. The second-order valence-corrected chi connectivity index (χ2v) is 10.2. The lowest BCUT2D eigenvalue weighted by Crippen LogP contribution is -2.64. The summed E-state index contributed by atoms with van der Waals surface area (Å²) in [5.74, 6) is 1.91. The van der Waals surface area contributed by atoms with E-state index >= 15 is 0 Å². The molecular weight excluding hydrogens is 356 g/mol. The van der Waals surface area contributed by atoms with Crippen molar-refractivity contribution in [3.63, 3.8) is 0 Å². The van der Waals surface area contributed by atoms with Gasteiger partial charge in [-0.3, -0.25) is 9.59 Å². The van der Waals surface area contributed by atoms with Crippen molar-refractivity contribution in [2.75, 3.05) is 20.5 Å². The van der Waals surface area contributed by atoms with E-state index < -0.39 is 5.60 Å². The highest BCUT2D eigenvalue weighted by atomic mass is 16.7. The van der Waals surface area contributed by atoms with E-state index in [2.05, 4.69) is 13.8 Å². The van der Waals surface area contributed by atoms with Gasteiger partial charge in [0.25, 0.3) is 0 Å². The Kier molecular flexibility index (Phi) is 4.22. The van der Waals surface area contributed by atoms with Gasteiger partial charge in [-0.25, -0.2) is 0 Å². The molecule has 7 atom stereocenters. The second-order valence-electron chi connectivity index (χ2n) is 10.2. The summed E-state index contributed by atoms with van der Waals surface area (Å²) in [6, 6.07) is 0. The lowest BCUT2D eigenvalue weighted by molar-refractivity contribution is -0.250. The lowest BCUT2D eigenvalue weighted by atomic mass is 9.46. The number of ether oxygens (including phenoxy) is 3. The van der Waals surface area contributed by atoms with Crippen LogP contribution in [0.2, 0.25) is 0 Å². The summed E-state index contributed by atoms with van der Waals surface area (Å²) < 4.78 is 17.4. The van der Waals surface area contributed by atoms with Gasteiger partial charge < -0.3 is 14.2 Å². The zero-order chi connectivity index (χ0) is 19.7. The van der Waals surface area contributed by atoms with Gasteiger partial charge in [-0.15, -0.1) is 0 Å². The van der Waals surface area contributed by atoms with Gasteiger partial charge >= 0.3 is 0 Å². The van der Waals surface area contributed by atoms with Crippen LogP contribution in [0.5, 0.6) is 0 Å². The standard InChI is InChI=1S/C23H32O5/c1-21-8-6-15(24)10-14(21)4-5-16-17(21)7-9-22(2)18(16)11-20(26-3)23(22)19(25)12-27-13-28-23/h10,16-18,20H,4-9,11-13H2,1-3H3. The number of carbonyl (C=O) groups is 2. The monoisotopic (exact) mass is 388 g/mol. The van der Waals surface area contributed by atoms with Gasteiger partial charge in [-0.1, -0.05) is 19.4 Å². The molecule has 4 aliphatic carbocycles. The smallest absolute Gasteiger partial charge is 0.193 e. The maximum absolute atomic E-state index is 13.2. The maximum atomic E-state index is 13.2. The molecule has 5 heteroatoms. The van der Waals surface area contributed by atoms with E-state index in [0.717, 1.165) is 38.5 Å². The number of Topliss-reactive ketones (excluding diaryl/α,β-unsaturated/α-hetero) is 1. The molecule has 0 bridgehead atoms.